The lowest BCUT2D eigenvalue weighted by Crippen LogP contribution is -2.34. The van der Waals surface area contributed by atoms with Gasteiger partial charge in [-0.25, -0.2) is 9.97 Å². The summed E-state index contributed by atoms with van der Waals surface area (Å²) >= 11 is 9.91. The first-order valence-electron chi connectivity index (χ1n) is 9.83. The van der Waals surface area contributed by atoms with Crippen LogP contribution in [0.3, 0.4) is 0 Å². The number of halogens is 2. The minimum absolute atomic E-state index is 0.494. The molecule has 0 amide bonds. The minimum Gasteiger partial charge on any atom is -0.356 e. The highest BCUT2D eigenvalue weighted by Crippen LogP contribution is 2.36. The van der Waals surface area contributed by atoms with Gasteiger partial charge in [0.15, 0.2) is 5.65 Å². The van der Waals surface area contributed by atoms with Gasteiger partial charge in [-0.1, -0.05) is 11.6 Å². The van der Waals surface area contributed by atoms with Crippen LogP contribution in [0.5, 0.6) is 0 Å². The van der Waals surface area contributed by atoms with Crippen molar-refractivity contribution < 1.29 is 0 Å². The standard InChI is InChI=1S/C22H23BrClN5/c1-13-10-17(24)11-18(23)20(13)29-12-14(2)19-21(26-15(3)27-22(19)29)28-8-5-16(4-7-25)6-9-28/h10-12,16H,4-6,8-9H2,1-3H3. The highest BCUT2D eigenvalue weighted by Gasteiger charge is 2.25. The number of hydrogen-bond donors (Lipinski definition) is 0. The largest absolute Gasteiger partial charge is 0.356 e. The lowest BCUT2D eigenvalue weighted by molar-refractivity contribution is 0.411. The van der Waals surface area contributed by atoms with Crippen LogP contribution in [0.1, 0.15) is 36.2 Å². The Labute approximate surface area is 184 Å². The van der Waals surface area contributed by atoms with Crippen LogP contribution in [0.2, 0.25) is 5.02 Å². The third-order valence-corrected chi connectivity index (χ3v) is 6.50. The highest BCUT2D eigenvalue weighted by atomic mass is 79.9. The predicted octanol–water partition coefficient (Wildman–Crippen LogP) is 5.89. The number of hydrogen-bond acceptors (Lipinski definition) is 4. The Bertz CT molecular complexity index is 1100. The Balaban J connectivity index is 1.83. The summed E-state index contributed by atoms with van der Waals surface area (Å²) in [5, 5.41) is 10.8. The van der Waals surface area contributed by atoms with Crippen molar-refractivity contribution in [3.8, 4) is 11.8 Å². The summed E-state index contributed by atoms with van der Waals surface area (Å²) in [6.07, 6.45) is 4.83. The Morgan fingerprint density at radius 3 is 2.55 bits per heavy atom. The van der Waals surface area contributed by atoms with Crippen LogP contribution >= 0.6 is 27.5 Å². The zero-order chi connectivity index (χ0) is 20.7. The summed E-state index contributed by atoms with van der Waals surface area (Å²) in [4.78, 5) is 12.0. The summed E-state index contributed by atoms with van der Waals surface area (Å²) in [5.74, 6) is 2.25. The number of piperidine rings is 1. The molecule has 1 aromatic carbocycles. The van der Waals surface area contributed by atoms with Gasteiger partial charge in [0, 0.05) is 35.2 Å². The van der Waals surface area contributed by atoms with Crippen molar-refractivity contribution in [1.29, 1.82) is 5.26 Å². The predicted molar refractivity (Wildman–Crippen MR) is 121 cm³/mol. The second kappa shape index (κ2) is 7.97. The second-order valence-electron chi connectivity index (χ2n) is 7.82. The van der Waals surface area contributed by atoms with E-state index in [0.717, 1.165) is 69.9 Å². The first-order valence-corrected chi connectivity index (χ1v) is 11.0. The quantitative estimate of drug-likeness (QED) is 0.477. The fraction of sp³-hybridized carbons (Fsp3) is 0.409. The van der Waals surface area contributed by atoms with Crippen LogP contribution in [-0.4, -0.2) is 27.6 Å². The number of aryl methyl sites for hydroxylation is 3. The molecule has 150 valence electrons. The van der Waals surface area contributed by atoms with Gasteiger partial charge in [0.25, 0.3) is 0 Å². The van der Waals surface area contributed by atoms with Crippen LogP contribution in [-0.2, 0) is 0 Å². The van der Waals surface area contributed by atoms with E-state index in [2.05, 4.69) is 51.5 Å². The molecule has 0 N–H and O–H groups in total. The van der Waals surface area contributed by atoms with Crippen LogP contribution in [0.15, 0.2) is 22.8 Å². The molecule has 29 heavy (non-hydrogen) atoms. The molecule has 1 aliphatic rings. The van der Waals surface area contributed by atoms with Gasteiger partial charge in [-0.2, -0.15) is 5.26 Å². The van der Waals surface area contributed by atoms with Gasteiger partial charge < -0.3 is 4.90 Å². The molecule has 0 aliphatic carbocycles. The molecular formula is C22H23BrClN5. The molecule has 0 spiro atoms. The first-order chi connectivity index (χ1) is 13.9. The van der Waals surface area contributed by atoms with Crippen molar-refractivity contribution in [1.82, 2.24) is 14.5 Å². The lowest BCUT2D eigenvalue weighted by Gasteiger charge is -2.32. The zero-order valence-electron chi connectivity index (χ0n) is 16.8. The number of nitrogens with zero attached hydrogens (tertiary/aromatic N) is 5. The van der Waals surface area contributed by atoms with Crippen LogP contribution < -0.4 is 4.90 Å². The number of aromatic nitrogens is 3. The Morgan fingerprint density at radius 2 is 1.90 bits per heavy atom. The van der Waals surface area contributed by atoms with E-state index in [9.17, 15) is 0 Å². The van der Waals surface area contributed by atoms with Gasteiger partial charge in [0.2, 0.25) is 0 Å². The zero-order valence-corrected chi connectivity index (χ0v) is 19.2. The summed E-state index contributed by atoms with van der Waals surface area (Å²) in [7, 11) is 0. The molecule has 0 unspecified atom stereocenters. The van der Waals surface area contributed by atoms with Crippen molar-refractivity contribution in [3.05, 3.63) is 44.8 Å². The van der Waals surface area contributed by atoms with Gasteiger partial charge in [0.1, 0.15) is 11.6 Å². The monoisotopic (exact) mass is 471 g/mol. The number of rotatable bonds is 3. The average Bonchev–Trinajstić information content (AvgIpc) is 2.97. The Morgan fingerprint density at radius 1 is 1.17 bits per heavy atom. The molecule has 0 saturated carbocycles. The first kappa shape index (κ1) is 20.2. The topological polar surface area (TPSA) is 57.7 Å². The Kier molecular flexibility index (Phi) is 5.54. The van der Waals surface area contributed by atoms with E-state index in [-0.39, 0.29) is 0 Å². The van der Waals surface area contributed by atoms with Crippen LogP contribution in [0.25, 0.3) is 16.7 Å². The van der Waals surface area contributed by atoms with Crippen LogP contribution in [0, 0.1) is 38.0 Å². The van der Waals surface area contributed by atoms with Gasteiger partial charge in [0.05, 0.1) is 17.1 Å². The van der Waals surface area contributed by atoms with E-state index >= 15 is 0 Å². The molecular weight excluding hydrogens is 450 g/mol. The molecule has 4 rings (SSSR count). The molecule has 3 heterocycles. The lowest BCUT2D eigenvalue weighted by atomic mass is 9.94. The molecule has 0 radical (unpaired) electrons. The van der Waals surface area contributed by atoms with Gasteiger partial charge in [-0.3, -0.25) is 4.57 Å². The number of fused-ring (bicyclic) bond motifs is 1. The van der Waals surface area contributed by atoms with Crippen LogP contribution in [0.4, 0.5) is 5.82 Å². The minimum atomic E-state index is 0.494. The van der Waals surface area contributed by atoms with E-state index in [0.29, 0.717) is 17.4 Å². The molecule has 1 saturated heterocycles. The van der Waals surface area contributed by atoms with E-state index in [1.165, 1.54) is 0 Å². The fourth-order valence-corrected chi connectivity index (χ4v) is 5.42. The number of nitriles is 1. The van der Waals surface area contributed by atoms with E-state index in [1.807, 2.05) is 19.1 Å². The summed E-state index contributed by atoms with van der Waals surface area (Å²) in [5.41, 5.74) is 4.19. The third kappa shape index (κ3) is 3.74. The summed E-state index contributed by atoms with van der Waals surface area (Å²) < 4.78 is 3.08. The maximum Gasteiger partial charge on any atom is 0.150 e. The molecule has 1 fully saturated rings. The van der Waals surface area contributed by atoms with E-state index in [4.69, 9.17) is 26.8 Å². The molecule has 3 aromatic rings. The van der Waals surface area contributed by atoms with Crippen molar-refractivity contribution in [2.45, 2.75) is 40.0 Å². The molecule has 2 aromatic heterocycles. The van der Waals surface area contributed by atoms with E-state index < -0.39 is 0 Å². The summed E-state index contributed by atoms with van der Waals surface area (Å²) in [6, 6.07) is 6.20. The van der Waals surface area contributed by atoms with Crippen molar-refractivity contribution in [3.63, 3.8) is 0 Å². The smallest absolute Gasteiger partial charge is 0.150 e. The highest BCUT2D eigenvalue weighted by molar-refractivity contribution is 9.10. The van der Waals surface area contributed by atoms with E-state index in [1.54, 1.807) is 0 Å². The normalized spacial score (nSPS) is 15.1. The van der Waals surface area contributed by atoms with Gasteiger partial charge in [-0.15, -0.1) is 0 Å². The molecule has 5 nitrogen and oxygen atoms in total. The second-order valence-corrected chi connectivity index (χ2v) is 9.11. The summed E-state index contributed by atoms with van der Waals surface area (Å²) in [6.45, 7) is 7.96. The maximum absolute atomic E-state index is 8.99. The average molecular weight is 473 g/mol. The fourth-order valence-electron chi connectivity index (χ4n) is 4.27. The molecule has 0 atom stereocenters. The Hall–Kier alpha value is -2.10. The maximum atomic E-state index is 8.99. The molecule has 0 bridgehead atoms. The molecule has 7 heteroatoms. The SMILES string of the molecule is Cc1nc(N2CCC(CC#N)CC2)c2c(C)cn(-c3c(C)cc(Cl)cc3Br)c2n1. The number of anilines is 1. The van der Waals surface area contributed by atoms with Gasteiger partial charge >= 0.3 is 0 Å². The van der Waals surface area contributed by atoms with Gasteiger partial charge in [-0.05, 0) is 78.7 Å². The molecule has 1 aliphatic heterocycles. The number of benzene rings is 1. The van der Waals surface area contributed by atoms with Crippen molar-refractivity contribution >= 4 is 44.4 Å². The van der Waals surface area contributed by atoms with Crippen molar-refractivity contribution in [2.24, 2.45) is 5.92 Å². The van der Waals surface area contributed by atoms with Crippen molar-refractivity contribution in [2.75, 3.05) is 18.0 Å². The third-order valence-electron chi connectivity index (χ3n) is 5.68.